The smallest absolute Gasteiger partial charge is 0.407 e. The van der Waals surface area contributed by atoms with Crippen molar-refractivity contribution in [3.8, 4) is 11.1 Å². The normalized spacial score (nSPS) is 14.9. The van der Waals surface area contributed by atoms with Crippen molar-refractivity contribution < 1.29 is 24.5 Å². The van der Waals surface area contributed by atoms with E-state index in [4.69, 9.17) is 9.84 Å². The minimum Gasteiger partial charge on any atom is -0.481 e. The van der Waals surface area contributed by atoms with Gasteiger partial charge in [-0.2, -0.15) is 0 Å². The Balaban J connectivity index is 1.68. The molecule has 2 aromatic rings. The third-order valence-corrected chi connectivity index (χ3v) is 5.14. The summed E-state index contributed by atoms with van der Waals surface area (Å²) in [6.45, 7) is 3.78. The molecule has 0 aliphatic heterocycles. The molecule has 6 heteroatoms. The van der Waals surface area contributed by atoms with E-state index in [1.165, 1.54) is 0 Å². The van der Waals surface area contributed by atoms with Crippen LogP contribution in [0.25, 0.3) is 11.1 Å². The van der Waals surface area contributed by atoms with Crippen molar-refractivity contribution in [2.24, 2.45) is 5.92 Å². The van der Waals surface area contributed by atoms with E-state index in [0.717, 1.165) is 22.3 Å². The molecule has 0 saturated heterocycles. The third kappa shape index (κ3) is 4.17. The number of alkyl carbamates (subject to hydrolysis) is 1. The number of hydrogen-bond acceptors (Lipinski definition) is 4. The number of nitrogens with one attached hydrogen (secondary N) is 1. The van der Waals surface area contributed by atoms with Gasteiger partial charge in [0.2, 0.25) is 0 Å². The molecule has 1 aliphatic rings. The molecule has 1 amide bonds. The number of carboxylic acids is 1. The number of amides is 1. The summed E-state index contributed by atoms with van der Waals surface area (Å²) < 4.78 is 5.47. The predicted molar refractivity (Wildman–Crippen MR) is 105 cm³/mol. The molecule has 148 valence electrons. The number of aliphatic hydroxyl groups is 1. The molecule has 0 heterocycles. The maximum Gasteiger partial charge on any atom is 0.407 e. The first-order valence-corrected chi connectivity index (χ1v) is 9.39. The van der Waals surface area contributed by atoms with Crippen LogP contribution in [0.4, 0.5) is 4.79 Å². The molecule has 2 aromatic carbocycles. The van der Waals surface area contributed by atoms with E-state index in [-0.39, 0.29) is 18.4 Å². The van der Waals surface area contributed by atoms with Crippen molar-refractivity contribution in [3.05, 3.63) is 59.7 Å². The Bertz CT molecular complexity index is 818. The quantitative estimate of drug-likeness (QED) is 0.681. The molecule has 28 heavy (non-hydrogen) atoms. The first-order valence-electron chi connectivity index (χ1n) is 9.39. The molecule has 3 rings (SSSR count). The minimum atomic E-state index is -1.18. The van der Waals surface area contributed by atoms with Gasteiger partial charge in [0.05, 0.1) is 18.6 Å². The number of hydrogen-bond donors (Lipinski definition) is 3. The summed E-state index contributed by atoms with van der Waals surface area (Å²) in [6.07, 6.45) is -2.28. The van der Waals surface area contributed by atoms with E-state index in [9.17, 15) is 14.7 Å². The van der Waals surface area contributed by atoms with Crippen LogP contribution in [0.5, 0.6) is 0 Å². The van der Waals surface area contributed by atoms with Crippen LogP contribution >= 0.6 is 0 Å². The van der Waals surface area contributed by atoms with Crippen LogP contribution in [0.15, 0.2) is 48.5 Å². The largest absolute Gasteiger partial charge is 0.481 e. The zero-order valence-electron chi connectivity index (χ0n) is 16.0. The Morgan fingerprint density at radius 2 is 1.57 bits per heavy atom. The molecule has 0 radical (unpaired) electrons. The molecule has 0 saturated carbocycles. The average Bonchev–Trinajstić information content (AvgIpc) is 2.97. The highest BCUT2D eigenvalue weighted by Gasteiger charge is 2.30. The fraction of sp³-hybridized carbons (Fsp3) is 0.364. The van der Waals surface area contributed by atoms with E-state index < -0.39 is 30.6 Å². The van der Waals surface area contributed by atoms with Crippen LogP contribution in [0.3, 0.4) is 0 Å². The average molecular weight is 383 g/mol. The first kappa shape index (κ1) is 19.9. The number of carbonyl (C=O) groups is 2. The van der Waals surface area contributed by atoms with Gasteiger partial charge in [-0.25, -0.2) is 4.79 Å². The minimum absolute atomic E-state index is 0.0559. The van der Waals surface area contributed by atoms with Crippen molar-refractivity contribution in [1.82, 2.24) is 5.32 Å². The summed E-state index contributed by atoms with van der Waals surface area (Å²) in [7, 11) is 0. The van der Waals surface area contributed by atoms with Crippen molar-refractivity contribution in [3.63, 3.8) is 0 Å². The second-order valence-corrected chi connectivity index (χ2v) is 7.40. The molecule has 0 spiro atoms. The monoisotopic (exact) mass is 383 g/mol. The lowest BCUT2D eigenvalue weighted by atomic mass is 9.96. The van der Waals surface area contributed by atoms with Gasteiger partial charge in [-0.1, -0.05) is 62.4 Å². The maximum absolute atomic E-state index is 12.3. The molecule has 1 aliphatic carbocycles. The Kier molecular flexibility index (Phi) is 5.99. The number of benzene rings is 2. The van der Waals surface area contributed by atoms with Crippen LogP contribution in [0.2, 0.25) is 0 Å². The van der Waals surface area contributed by atoms with E-state index in [2.05, 4.69) is 17.4 Å². The lowest BCUT2D eigenvalue weighted by molar-refractivity contribution is -0.139. The first-order chi connectivity index (χ1) is 13.4. The van der Waals surface area contributed by atoms with E-state index >= 15 is 0 Å². The second kappa shape index (κ2) is 8.44. The van der Waals surface area contributed by atoms with Gasteiger partial charge >= 0.3 is 12.1 Å². The lowest BCUT2D eigenvalue weighted by Gasteiger charge is -2.26. The van der Waals surface area contributed by atoms with E-state index in [1.807, 2.05) is 36.4 Å². The van der Waals surface area contributed by atoms with E-state index in [0.29, 0.717) is 0 Å². The highest BCUT2D eigenvalue weighted by molar-refractivity contribution is 5.79. The number of aliphatic hydroxyl groups excluding tert-OH is 1. The number of aliphatic carboxylic acids is 1. The van der Waals surface area contributed by atoms with Crippen LogP contribution in [-0.4, -0.2) is 41.0 Å². The van der Waals surface area contributed by atoms with Crippen molar-refractivity contribution in [1.29, 1.82) is 0 Å². The molecule has 6 nitrogen and oxygen atoms in total. The number of fused-ring (bicyclic) bond motifs is 3. The summed E-state index contributed by atoms with van der Waals surface area (Å²) in [6, 6.07) is 15.4. The lowest BCUT2D eigenvalue weighted by Crippen LogP contribution is -2.47. The Labute approximate surface area is 164 Å². The summed E-state index contributed by atoms with van der Waals surface area (Å²) in [5.74, 6) is -1.32. The highest BCUT2D eigenvalue weighted by atomic mass is 16.5. The number of ether oxygens (including phenoxy) is 1. The van der Waals surface area contributed by atoms with Crippen molar-refractivity contribution in [2.45, 2.75) is 38.3 Å². The van der Waals surface area contributed by atoms with Gasteiger partial charge in [0.1, 0.15) is 6.61 Å². The number of carboxylic acid groups (broad SMARTS) is 1. The second-order valence-electron chi connectivity index (χ2n) is 7.40. The highest BCUT2D eigenvalue weighted by Crippen LogP contribution is 2.44. The Hall–Kier alpha value is -2.86. The molecule has 0 aromatic heterocycles. The van der Waals surface area contributed by atoms with Gasteiger partial charge in [0, 0.05) is 5.92 Å². The van der Waals surface area contributed by atoms with Gasteiger partial charge < -0.3 is 20.3 Å². The fourth-order valence-electron chi connectivity index (χ4n) is 3.79. The van der Waals surface area contributed by atoms with Crippen LogP contribution in [0.1, 0.15) is 37.3 Å². The van der Waals surface area contributed by atoms with Crippen molar-refractivity contribution in [2.75, 3.05) is 6.61 Å². The molecular formula is C22H25NO5. The van der Waals surface area contributed by atoms with E-state index in [1.54, 1.807) is 13.8 Å². The molecule has 3 N–H and O–H groups in total. The predicted octanol–water partition coefficient (Wildman–Crippen LogP) is 3.39. The Morgan fingerprint density at radius 3 is 2.07 bits per heavy atom. The molecule has 0 fully saturated rings. The standard InChI is InChI=1S/C22H25NO5/c1-13(2)21(19(24)11-20(25)26)23-22(27)28-12-18-16-9-5-3-7-14(16)15-8-4-6-10-17(15)18/h3-10,13,18-19,21,24H,11-12H2,1-2H3,(H,23,27)(H,25,26). The summed E-state index contributed by atoms with van der Waals surface area (Å²) in [4.78, 5) is 23.2. The van der Waals surface area contributed by atoms with Gasteiger partial charge in [-0.15, -0.1) is 0 Å². The number of carbonyl (C=O) groups excluding carboxylic acids is 1. The fourth-order valence-corrected chi connectivity index (χ4v) is 3.79. The molecule has 2 unspecified atom stereocenters. The summed E-state index contributed by atoms with van der Waals surface area (Å²) in [5, 5.41) is 21.6. The Morgan fingerprint density at radius 1 is 1.04 bits per heavy atom. The topological polar surface area (TPSA) is 95.9 Å². The third-order valence-electron chi connectivity index (χ3n) is 5.14. The van der Waals surface area contributed by atoms with Crippen LogP contribution in [0, 0.1) is 5.92 Å². The summed E-state index contributed by atoms with van der Waals surface area (Å²) >= 11 is 0. The molecule has 0 bridgehead atoms. The van der Waals surface area contributed by atoms with Gasteiger partial charge in [-0.05, 0) is 28.2 Å². The zero-order valence-corrected chi connectivity index (χ0v) is 16.0. The van der Waals surface area contributed by atoms with Gasteiger partial charge in [-0.3, -0.25) is 4.79 Å². The SMILES string of the molecule is CC(C)C(NC(=O)OCC1c2ccccc2-c2ccccc21)C(O)CC(=O)O. The zero-order chi connectivity index (χ0) is 20.3. The maximum atomic E-state index is 12.3. The molecular weight excluding hydrogens is 358 g/mol. The van der Waals surface area contributed by atoms with Gasteiger partial charge in [0.15, 0.2) is 0 Å². The summed E-state index contributed by atoms with van der Waals surface area (Å²) in [5.41, 5.74) is 4.51. The van der Waals surface area contributed by atoms with Crippen LogP contribution in [-0.2, 0) is 9.53 Å². The molecule has 2 atom stereocenters. The van der Waals surface area contributed by atoms with Crippen LogP contribution < -0.4 is 5.32 Å². The number of rotatable bonds is 7. The van der Waals surface area contributed by atoms with Gasteiger partial charge in [0.25, 0.3) is 0 Å². The van der Waals surface area contributed by atoms with Crippen molar-refractivity contribution >= 4 is 12.1 Å².